The average molecular weight is 205 g/mol. The minimum atomic E-state index is -1.14. The van der Waals surface area contributed by atoms with Crippen molar-refractivity contribution < 1.29 is 52.4 Å². The first kappa shape index (κ1) is 15.6. The summed E-state index contributed by atoms with van der Waals surface area (Å²) in [5.74, 6) is 0.273. The molecule has 1 aliphatic heterocycles. The molecule has 0 saturated heterocycles. The van der Waals surface area contributed by atoms with Gasteiger partial charge in [0.25, 0.3) is 0 Å². The fraction of sp³-hybridized carbons (Fsp3) is 0.300. The summed E-state index contributed by atoms with van der Waals surface area (Å²) in [7, 11) is 3.00. The molecular formula is C10H9Li2NO3. The summed E-state index contributed by atoms with van der Waals surface area (Å²) in [6.45, 7) is 0. The van der Waals surface area contributed by atoms with E-state index in [0.29, 0.717) is 16.9 Å². The number of hydrogen-bond donors (Lipinski definition) is 0. The van der Waals surface area contributed by atoms with Crippen LogP contribution in [0, 0.1) is 6.07 Å². The van der Waals surface area contributed by atoms with Crippen molar-refractivity contribution >= 4 is 5.91 Å². The number of fused-ring (bicyclic) bond motifs is 1. The fourth-order valence-electron chi connectivity index (χ4n) is 1.48. The molecule has 0 spiro atoms. The molecule has 1 atom stereocenters. The molecule has 6 heteroatoms. The van der Waals surface area contributed by atoms with Gasteiger partial charge in [-0.2, -0.15) is 0 Å². The van der Waals surface area contributed by atoms with Gasteiger partial charge in [-0.05, 0) is 7.05 Å². The predicted octanol–water partition coefficient (Wildman–Crippen LogP) is -6.05. The third-order valence-electron chi connectivity index (χ3n) is 2.33. The molecule has 1 unspecified atom stereocenters. The van der Waals surface area contributed by atoms with E-state index in [4.69, 9.17) is 4.74 Å². The van der Waals surface area contributed by atoms with Crippen molar-refractivity contribution in [3.05, 3.63) is 29.3 Å². The van der Waals surface area contributed by atoms with Gasteiger partial charge in [-0.1, -0.05) is 17.9 Å². The van der Waals surface area contributed by atoms with Crippen LogP contribution in [-0.2, 0) is 0 Å². The SMILES string of the molecule is COc1c[c-]c2c(c1)C([O-])N(C)C2=O.[Li+].[Li+]. The molecule has 0 N–H and O–H groups in total. The average Bonchev–Trinajstić information content (AvgIpc) is 2.44. The van der Waals surface area contributed by atoms with E-state index in [9.17, 15) is 9.90 Å². The number of methoxy groups -OCH3 is 1. The summed E-state index contributed by atoms with van der Waals surface area (Å²) in [5.41, 5.74) is 0.796. The van der Waals surface area contributed by atoms with Gasteiger partial charge in [-0.3, -0.25) is 0 Å². The molecule has 0 aromatic heterocycles. The van der Waals surface area contributed by atoms with Crippen LogP contribution < -0.4 is 47.6 Å². The molecule has 74 valence electrons. The van der Waals surface area contributed by atoms with E-state index >= 15 is 0 Å². The first-order valence-electron chi connectivity index (χ1n) is 4.17. The van der Waals surface area contributed by atoms with Crippen LogP contribution in [-0.4, -0.2) is 25.0 Å². The third-order valence-corrected chi connectivity index (χ3v) is 2.33. The Kier molecular flexibility index (Phi) is 5.69. The minimum absolute atomic E-state index is 0. The predicted molar refractivity (Wildman–Crippen MR) is 46.7 cm³/mol. The zero-order chi connectivity index (χ0) is 10.3. The van der Waals surface area contributed by atoms with Gasteiger partial charge in [0.05, 0.1) is 7.11 Å². The van der Waals surface area contributed by atoms with Gasteiger partial charge in [0.15, 0.2) is 5.91 Å². The van der Waals surface area contributed by atoms with Crippen LogP contribution in [0.1, 0.15) is 22.1 Å². The Morgan fingerprint density at radius 2 is 2.12 bits per heavy atom. The molecule has 2 rings (SSSR count). The molecule has 0 fully saturated rings. The Morgan fingerprint density at radius 3 is 2.69 bits per heavy atom. The Hall–Kier alpha value is -0.355. The van der Waals surface area contributed by atoms with Crippen LogP contribution in [0.2, 0.25) is 0 Å². The van der Waals surface area contributed by atoms with Crippen molar-refractivity contribution in [2.75, 3.05) is 14.2 Å². The fourth-order valence-corrected chi connectivity index (χ4v) is 1.48. The van der Waals surface area contributed by atoms with Gasteiger partial charge < -0.3 is 19.5 Å². The van der Waals surface area contributed by atoms with Gasteiger partial charge >= 0.3 is 37.7 Å². The number of benzene rings is 1. The van der Waals surface area contributed by atoms with E-state index in [1.165, 1.54) is 14.2 Å². The second-order valence-electron chi connectivity index (χ2n) is 3.14. The quantitative estimate of drug-likeness (QED) is 0.338. The largest absolute Gasteiger partial charge is 1.00 e. The van der Waals surface area contributed by atoms with Crippen LogP contribution in [0.4, 0.5) is 0 Å². The maximum absolute atomic E-state index is 11.6. The van der Waals surface area contributed by atoms with E-state index in [2.05, 4.69) is 6.07 Å². The molecule has 4 nitrogen and oxygen atoms in total. The Balaban J connectivity index is 0.00000112. The summed E-state index contributed by atoms with van der Waals surface area (Å²) in [6.07, 6.45) is -1.14. The number of hydrogen-bond acceptors (Lipinski definition) is 3. The summed E-state index contributed by atoms with van der Waals surface area (Å²) >= 11 is 0. The van der Waals surface area contributed by atoms with Crippen molar-refractivity contribution in [3.63, 3.8) is 0 Å². The van der Waals surface area contributed by atoms with Crippen molar-refractivity contribution in [1.29, 1.82) is 0 Å². The van der Waals surface area contributed by atoms with Crippen LogP contribution in [0.25, 0.3) is 0 Å². The van der Waals surface area contributed by atoms with E-state index < -0.39 is 6.23 Å². The summed E-state index contributed by atoms with van der Waals surface area (Å²) in [5, 5.41) is 11.6. The normalized spacial score (nSPS) is 17.3. The molecule has 1 aromatic rings. The molecule has 16 heavy (non-hydrogen) atoms. The maximum atomic E-state index is 11.6. The van der Waals surface area contributed by atoms with E-state index in [-0.39, 0.29) is 43.6 Å². The van der Waals surface area contributed by atoms with Crippen LogP contribution in [0.3, 0.4) is 0 Å². The molecule has 1 aromatic carbocycles. The number of ether oxygens (including phenoxy) is 1. The number of nitrogens with zero attached hydrogens (tertiary/aromatic N) is 1. The molecular weight excluding hydrogens is 196 g/mol. The van der Waals surface area contributed by atoms with Crippen LogP contribution >= 0.6 is 0 Å². The molecule has 1 amide bonds. The first-order chi connectivity index (χ1) is 6.65. The standard InChI is InChI=1S/C10H9NO3.2Li/c1-11-9(12)7-4-3-6(14-2)5-8(7)10(11)13;;/h3,5,10H,1-2H3;;/q-2;2*+1. The van der Waals surface area contributed by atoms with Gasteiger partial charge in [0.1, 0.15) is 0 Å². The summed E-state index contributed by atoms with van der Waals surface area (Å²) in [6, 6.07) is 5.91. The van der Waals surface area contributed by atoms with E-state index in [1.54, 1.807) is 12.1 Å². The zero-order valence-corrected chi connectivity index (χ0v) is 9.90. The van der Waals surface area contributed by atoms with Gasteiger partial charge in [0, 0.05) is 5.75 Å². The zero-order valence-electron chi connectivity index (χ0n) is 9.90. The van der Waals surface area contributed by atoms with Crippen molar-refractivity contribution in [2.24, 2.45) is 0 Å². The Morgan fingerprint density at radius 1 is 1.50 bits per heavy atom. The van der Waals surface area contributed by atoms with Gasteiger partial charge in [0.2, 0.25) is 0 Å². The van der Waals surface area contributed by atoms with Gasteiger partial charge in [-0.25, -0.2) is 0 Å². The third kappa shape index (κ3) is 2.32. The number of carbonyl (C=O) groups is 1. The molecule has 0 radical (unpaired) electrons. The second-order valence-corrected chi connectivity index (χ2v) is 3.14. The minimum Gasteiger partial charge on any atom is -0.841 e. The summed E-state index contributed by atoms with van der Waals surface area (Å²) < 4.78 is 4.96. The van der Waals surface area contributed by atoms with Gasteiger partial charge in [-0.15, -0.1) is 17.7 Å². The topological polar surface area (TPSA) is 52.6 Å². The van der Waals surface area contributed by atoms with Crippen molar-refractivity contribution in [2.45, 2.75) is 6.23 Å². The maximum Gasteiger partial charge on any atom is 1.00 e. The smallest absolute Gasteiger partial charge is 0.841 e. The number of amides is 1. The van der Waals surface area contributed by atoms with Crippen molar-refractivity contribution in [3.8, 4) is 5.75 Å². The summed E-state index contributed by atoms with van der Waals surface area (Å²) in [4.78, 5) is 12.6. The van der Waals surface area contributed by atoms with Crippen LogP contribution in [0.15, 0.2) is 12.1 Å². The second kappa shape index (κ2) is 5.82. The Bertz CT molecular complexity index is 398. The number of rotatable bonds is 1. The molecule has 0 bridgehead atoms. The molecule has 1 aliphatic rings. The molecule has 1 heterocycles. The van der Waals surface area contributed by atoms with Crippen molar-refractivity contribution in [1.82, 2.24) is 4.90 Å². The molecule has 0 saturated carbocycles. The monoisotopic (exact) mass is 205 g/mol. The number of carbonyl (C=O) groups excluding carboxylic acids is 1. The van der Waals surface area contributed by atoms with Crippen LogP contribution in [0.5, 0.6) is 5.75 Å². The molecule has 0 aliphatic carbocycles. The first-order valence-corrected chi connectivity index (χ1v) is 4.17. The van der Waals surface area contributed by atoms with E-state index in [0.717, 1.165) is 4.90 Å². The van der Waals surface area contributed by atoms with E-state index in [1.807, 2.05) is 0 Å². The Labute approximate surface area is 118 Å².